The highest BCUT2D eigenvalue weighted by Crippen LogP contribution is 2.40. The Labute approximate surface area is 246 Å². The first-order valence-corrected chi connectivity index (χ1v) is 20.0. The average molecular weight is 555 g/mol. The molecule has 40 heavy (non-hydrogen) atoms. The van der Waals surface area contributed by atoms with Gasteiger partial charge in [-0.05, 0) is 89.4 Å². The van der Waals surface area contributed by atoms with Crippen LogP contribution in [0.2, 0.25) is 36.3 Å². The number of hydrogen-bond acceptors (Lipinski definition) is 0. The minimum absolute atomic E-state index is 0.633. The Morgan fingerprint density at radius 3 is 0.825 bits per heavy atom. The smallest absolute Gasteiger partial charge is 0.127 e. The Bertz CT molecular complexity index is 1510. The number of hydrogen-bond donors (Lipinski definition) is 0. The summed E-state index contributed by atoms with van der Waals surface area (Å²) in [5, 5.41) is 0. The maximum atomic E-state index is 3.80. The predicted molar refractivity (Wildman–Crippen MR) is 179 cm³/mol. The molecule has 0 amide bonds. The third kappa shape index (κ3) is 8.67. The summed E-state index contributed by atoms with van der Waals surface area (Å²) in [7, 11) is -3.09. The van der Waals surface area contributed by atoms with Crippen molar-refractivity contribution in [3.05, 3.63) is 106 Å². The van der Waals surface area contributed by atoms with E-state index >= 15 is 0 Å². The highest BCUT2D eigenvalue weighted by Gasteiger charge is 2.41. The molecular weight excluding hydrogens is 513 g/mol. The summed E-state index contributed by atoms with van der Waals surface area (Å²) in [5.41, 5.74) is 15.1. The van der Waals surface area contributed by atoms with Crippen LogP contribution in [0.3, 0.4) is 0 Å². The number of rotatable bonds is 3. The molecule has 0 aliphatic rings. The molecule has 0 aromatic heterocycles. The van der Waals surface area contributed by atoms with E-state index in [-0.39, 0.29) is 0 Å². The summed E-state index contributed by atoms with van der Waals surface area (Å²) in [6, 6.07) is 24.6. The third-order valence-electron chi connectivity index (χ3n) is 7.23. The van der Waals surface area contributed by atoms with Crippen LogP contribution in [0.25, 0.3) is 0 Å². The first-order chi connectivity index (χ1) is 18.9. The van der Waals surface area contributed by atoms with Crippen LogP contribution in [0.4, 0.5) is 0 Å². The molecule has 0 N–H and O–H groups in total. The molecule has 0 spiro atoms. The second-order valence-corrected chi connectivity index (χ2v) is 22.7. The van der Waals surface area contributed by atoms with Gasteiger partial charge in [-0.25, -0.2) is 0 Å². The van der Waals surface area contributed by atoms with Crippen LogP contribution < -0.4 is 0 Å². The maximum absolute atomic E-state index is 3.80. The van der Waals surface area contributed by atoms with Gasteiger partial charge in [0.15, 0.2) is 0 Å². The van der Waals surface area contributed by atoms with Crippen LogP contribution in [0.5, 0.6) is 0 Å². The topological polar surface area (TPSA) is 0 Å². The van der Waals surface area contributed by atoms with E-state index in [9.17, 15) is 0 Å². The lowest BCUT2D eigenvalue weighted by molar-refractivity contribution is 0.838. The Balaban J connectivity index is 1.67. The van der Waals surface area contributed by atoms with E-state index in [2.05, 4.69) is 132 Å². The van der Waals surface area contributed by atoms with Gasteiger partial charge in [-0.1, -0.05) is 96.7 Å². The molecule has 0 heterocycles. The largest absolute Gasteiger partial charge is 0.146 e. The molecule has 0 aliphatic heterocycles. The highest BCUT2D eigenvalue weighted by atomic mass is 28.3. The van der Waals surface area contributed by atoms with Crippen molar-refractivity contribution in [2.24, 2.45) is 0 Å². The fourth-order valence-electron chi connectivity index (χ4n) is 5.07. The summed E-state index contributed by atoms with van der Waals surface area (Å²) < 4.78 is 0. The van der Waals surface area contributed by atoms with Crippen LogP contribution in [0, 0.1) is 46.6 Å². The van der Waals surface area contributed by atoms with Gasteiger partial charge in [-0.2, -0.15) is 0 Å². The molecule has 202 valence electrons. The molecule has 0 aliphatic carbocycles. The number of benzene rings is 3. The quantitative estimate of drug-likeness (QED) is 0.223. The van der Waals surface area contributed by atoms with Gasteiger partial charge < -0.3 is 0 Å². The maximum Gasteiger partial charge on any atom is 0.146 e. The summed E-state index contributed by atoms with van der Waals surface area (Å²) in [4.78, 5) is 0. The van der Waals surface area contributed by atoms with Crippen molar-refractivity contribution < 1.29 is 0 Å². The van der Waals surface area contributed by atoms with E-state index in [1.807, 2.05) is 48.5 Å². The standard InChI is InChI=1S/C38H42Si2/c1-30(2)40(31(3)4,32(5)6)29-27-38-24-20-36(21-25-38)17-15-34-12-10-33(11-13-34)14-16-35-18-22-37(23-19-35)26-28-39(7,8)9/h10-13,18-25,30-32H,1-9H3. The molecule has 3 rings (SSSR count). The molecule has 3 aromatic carbocycles. The fourth-order valence-corrected chi connectivity index (χ4v) is 10.8. The zero-order valence-electron chi connectivity index (χ0n) is 25.7. The Hall–Kier alpha value is -3.67. The van der Waals surface area contributed by atoms with E-state index in [4.69, 9.17) is 0 Å². The van der Waals surface area contributed by atoms with Crippen LogP contribution in [0.1, 0.15) is 74.9 Å². The van der Waals surface area contributed by atoms with Gasteiger partial charge in [0.05, 0.1) is 0 Å². The molecular formula is C38H42Si2. The van der Waals surface area contributed by atoms with E-state index in [1.165, 1.54) is 0 Å². The van der Waals surface area contributed by atoms with Gasteiger partial charge in [0.2, 0.25) is 0 Å². The van der Waals surface area contributed by atoms with Crippen molar-refractivity contribution in [3.63, 3.8) is 0 Å². The van der Waals surface area contributed by atoms with Crippen molar-refractivity contribution in [3.8, 4) is 46.6 Å². The Morgan fingerprint density at radius 1 is 0.375 bits per heavy atom. The molecule has 0 atom stereocenters. The van der Waals surface area contributed by atoms with E-state index in [0.717, 1.165) is 33.4 Å². The zero-order chi connectivity index (χ0) is 29.3. The van der Waals surface area contributed by atoms with Crippen molar-refractivity contribution in [2.45, 2.75) is 77.8 Å². The Kier molecular flexibility index (Phi) is 10.5. The van der Waals surface area contributed by atoms with Crippen LogP contribution in [-0.2, 0) is 0 Å². The third-order valence-corrected chi connectivity index (χ3v) is 14.4. The minimum Gasteiger partial charge on any atom is -0.127 e. The van der Waals surface area contributed by atoms with Gasteiger partial charge in [-0.3, -0.25) is 0 Å². The average Bonchev–Trinajstić information content (AvgIpc) is 2.91. The molecule has 0 saturated heterocycles. The summed E-state index contributed by atoms with van der Waals surface area (Å²) in [6.45, 7) is 20.9. The molecule has 0 fully saturated rings. The van der Waals surface area contributed by atoms with Crippen molar-refractivity contribution in [1.82, 2.24) is 0 Å². The lowest BCUT2D eigenvalue weighted by Crippen LogP contribution is -2.43. The second-order valence-electron chi connectivity index (χ2n) is 12.4. The summed E-state index contributed by atoms with van der Waals surface area (Å²) in [5.74, 6) is 19.9. The zero-order valence-corrected chi connectivity index (χ0v) is 27.7. The minimum atomic E-state index is -1.73. The molecule has 2 heteroatoms. The molecule has 0 saturated carbocycles. The van der Waals surface area contributed by atoms with Crippen LogP contribution >= 0.6 is 0 Å². The van der Waals surface area contributed by atoms with Crippen molar-refractivity contribution in [1.29, 1.82) is 0 Å². The fraction of sp³-hybridized carbons (Fsp3) is 0.316. The molecule has 0 radical (unpaired) electrons. The normalized spacial score (nSPS) is 11.0. The van der Waals surface area contributed by atoms with Gasteiger partial charge in [0, 0.05) is 33.4 Å². The van der Waals surface area contributed by atoms with Crippen LogP contribution in [0.15, 0.2) is 72.8 Å². The van der Waals surface area contributed by atoms with Gasteiger partial charge in [0.1, 0.15) is 16.1 Å². The SMILES string of the molecule is CC(C)[Si](C#Cc1ccc(C#Cc2ccc(C#Cc3ccc(C#C[Si](C)(C)C)cc3)cc2)cc1)(C(C)C)C(C)C. The Morgan fingerprint density at radius 2 is 0.600 bits per heavy atom. The van der Waals surface area contributed by atoms with Crippen molar-refractivity contribution >= 4 is 16.1 Å². The first kappa shape index (κ1) is 30.9. The predicted octanol–water partition coefficient (Wildman–Crippen LogP) is 9.28. The van der Waals surface area contributed by atoms with Crippen molar-refractivity contribution in [2.75, 3.05) is 0 Å². The summed E-state index contributed by atoms with van der Waals surface area (Å²) >= 11 is 0. The first-order valence-electron chi connectivity index (χ1n) is 14.3. The molecule has 0 nitrogen and oxygen atoms in total. The van der Waals surface area contributed by atoms with E-state index in [0.29, 0.717) is 16.6 Å². The summed E-state index contributed by atoms with van der Waals surface area (Å²) in [6.07, 6.45) is 0. The van der Waals surface area contributed by atoms with Gasteiger partial charge in [-0.15, -0.1) is 11.1 Å². The lowest BCUT2D eigenvalue weighted by Gasteiger charge is -2.38. The monoisotopic (exact) mass is 554 g/mol. The van der Waals surface area contributed by atoms with Gasteiger partial charge >= 0.3 is 0 Å². The molecule has 0 unspecified atom stereocenters. The van der Waals surface area contributed by atoms with Crippen LogP contribution in [-0.4, -0.2) is 16.1 Å². The lowest BCUT2D eigenvalue weighted by atomic mass is 10.1. The molecule has 3 aromatic rings. The van der Waals surface area contributed by atoms with E-state index in [1.54, 1.807) is 0 Å². The highest BCUT2D eigenvalue weighted by molar-refractivity contribution is 6.90. The molecule has 0 bridgehead atoms. The van der Waals surface area contributed by atoms with Gasteiger partial charge in [0.25, 0.3) is 0 Å². The second kappa shape index (κ2) is 13.6. The van der Waals surface area contributed by atoms with E-state index < -0.39 is 16.1 Å².